The van der Waals surface area contributed by atoms with Crippen LogP contribution in [0.5, 0.6) is 11.5 Å². The first kappa shape index (κ1) is 31.7. The smallest absolute Gasteiger partial charge is 0.119 e. The Hall–Kier alpha value is -4.76. The second-order valence-electron chi connectivity index (χ2n) is 11.9. The standard InChI is InChI=1S/C42H45NO2/c1-6-29-42(3,30-7-2)35-17-15-34(16-18-35)41(33-11-9-8-10-12-33)31-32-13-19-36(20-14-32)43(37-21-25-39(44-4)26-22-37)38-23-27-40(45-5)28-24-38/h8-28,31H,6-7,29-30H2,1-5H3/b41-31+. The van der Waals surface area contributed by atoms with Gasteiger partial charge in [-0.05, 0) is 113 Å². The number of ether oxygens (including phenoxy) is 2. The summed E-state index contributed by atoms with van der Waals surface area (Å²) >= 11 is 0. The summed E-state index contributed by atoms with van der Waals surface area (Å²) in [5.41, 5.74) is 9.61. The van der Waals surface area contributed by atoms with Crippen molar-refractivity contribution in [3.05, 3.63) is 150 Å². The van der Waals surface area contributed by atoms with E-state index in [0.717, 1.165) is 34.1 Å². The van der Waals surface area contributed by atoms with E-state index < -0.39 is 0 Å². The summed E-state index contributed by atoms with van der Waals surface area (Å²) in [6.07, 6.45) is 7.10. The van der Waals surface area contributed by atoms with Crippen LogP contribution in [0.2, 0.25) is 0 Å². The van der Waals surface area contributed by atoms with Gasteiger partial charge in [0.1, 0.15) is 11.5 Å². The van der Waals surface area contributed by atoms with Gasteiger partial charge in [0, 0.05) is 17.1 Å². The molecule has 3 nitrogen and oxygen atoms in total. The van der Waals surface area contributed by atoms with Crippen LogP contribution in [0.25, 0.3) is 11.6 Å². The lowest BCUT2D eigenvalue weighted by Crippen LogP contribution is -2.21. The highest BCUT2D eigenvalue weighted by Crippen LogP contribution is 2.38. The molecule has 0 aliphatic rings. The summed E-state index contributed by atoms with van der Waals surface area (Å²) in [7, 11) is 3.38. The predicted octanol–water partition coefficient (Wildman–Crippen LogP) is 11.6. The Bertz CT molecular complexity index is 1600. The lowest BCUT2D eigenvalue weighted by Gasteiger charge is -2.30. The molecule has 5 rings (SSSR count). The highest BCUT2D eigenvalue weighted by molar-refractivity contribution is 5.92. The molecule has 0 atom stereocenters. The average molecular weight is 596 g/mol. The molecule has 0 spiro atoms. The van der Waals surface area contributed by atoms with Gasteiger partial charge in [-0.3, -0.25) is 0 Å². The molecular formula is C42H45NO2. The van der Waals surface area contributed by atoms with Crippen LogP contribution in [0.3, 0.4) is 0 Å². The highest BCUT2D eigenvalue weighted by atomic mass is 16.5. The van der Waals surface area contributed by atoms with Gasteiger partial charge in [0.05, 0.1) is 14.2 Å². The van der Waals surface area contributed by atoms with Crippen molar-refractivity contribution in [2.24, 2.45) is 0 Å². The zero-order chi connectivity index (χ0) is 31.6. The number of anilines is 3. The molecule has 0 radical (unpaired) electrons. The molecule has 0 bridgehead atoms. The lowest BCUT2D eigenvalue weighted by atomic mass is 9.75. The Balaban J connectivity index is 1.51. The monoisotopic (exact) mass is 595 g/mol. The van der Waals surface area contributed by atoms with Crippen LogP contribution in [0.4, 0.5) is 17.1 Å². The van der Waals surface area contributed by atoms with E-state index in [1.54, 1.807) is 14.2 Å². The first-order valence-corrected chi connectivity index (χ1v) is 16.0. The normalized spacial score (nSPS) is 11.7. The lowest BCUT2D eigenvalue weighted by molar-refractivity contribution is 0.392. The van der Waals surface area contributed by atoms with Crippen LogP contribution >= 0.6 is 0 Å². The molecule has 0 heterocycles. The molecule has 0 saturated carbocycles. The fraction of sp³-hybridized carbons (Fsp3) is 0.238. The maximum atomic E-state index is 5.42. The third kappa shape index (κ3) is 7.49. The van der Waals surface area contributed by atoms with Gasteiger partial charge in [0.25, 0.3) is 0 Å². The molecule has 5 aromatic carbocycles. The third-order valence-corrected chi connectivity index (χ3v) is 8.70. The Morgan fingerprint density at radius 2 is 1.02 bits per heavy atom. The summed E-state index contributed by atoms with van der Waals surface area (Å²) in [5.74, 6) is 1.66. The van der Waals surface area contributed by atoms with Crippen molar-refractivity contribution < 1.29 is 9.47 Å². The first-order chi connectivity index (χ1) is 22.0. The molecule has 0 unspecified atom stereocenters. The van der Waals surface area contributed by atoms with Gasteiger partial charge < -0.3 is 14.4 Å². The Kier molecular flexibility index (Phi) is 10.4. The Morgan fingerprint density at radius 3 is 1.47 bits per heavy atom. The molecule has 0 N–H and O–H groups in total. The molecule has 0 aliphatic carbocycles. The number of nitrogens with zero attached hydrogens (tertiary/aromatic N) is 1. The number of hydrogen-bond acceptors (Lipinski definition) is 3. The molecule has 0 aromatic heterocycles. The van der Waals surface area contributed by atoms with Crippen LogP contribution in [-0.2, 0) is 5.41 Å². The molecule has 230 valence electrons. The van der Waals surface area contributed by atoms with E-state index in [2.05, 4.69) is 135 Å². The van der Waals surface area contributed by atoms with E-state index in [1.807, 2.05) is 24.3 Å². The summed E-state index contributed by atoms with van der Waals surface area (Å²) in [5, 5.41) is 0. The summed E-state index contributed by atoms with van der Waals surface area (Å²) in [6, 6.07) is 45.1. The van der Waals surface area contributed by atoms with E-state index in [0.29, 0.717) is 0 Å². The third-order valence-electron chi connectivity index (χ3n) is 8.70. The Labute approximate surface area is 269 Å². The first-order valence-electron chi connectivity index (χ1n) is 16.0. The maximum Gasteiger partial charge on any atom is 0.119 e. The molecule has 45 heavy (non-hydrogen) atoms. The molecular weight excluding hydrogens is 550 g/mol. The van der Waals surface area contributed by atoms with Crippen molar-refractivity contribution in [2.75, 3.05) is 19.1 Å². The van der Waals surface area contributed by atoms with Gasteiger partial charge in [-0.25, -0.2) is 0 Å². The largest absolute Gasteiger partial charge is 0.497 e. The van der Waals surface area contributed by atoms with Crippen molar-refractivity contribution in [3.63, 3.8) is 0 Å². The number of rotatable bonds is 13. The van der Waals surface area contributed by atoms with Gasteiger partial charge in [0.15, 0.2) is 0 Å². The van der Waals surface area contributed by atoms with Gasteiger partial charge in [-0.1, -0.05) is 100 Å². The van der Waals surface area contributed by atoms with E-state index in [-0.39, 0.29) is 5.41 Å². The minimum absolute atomic E-state index is 0.216. The van der Waals surface area contributed by atoms with E-state index in [9.17, 15) is 0 Å². The fourth-order valence-electron chi connectivity index (χ4n) is 6.32. The van der Waals surface area contributed by atoms with Gasteiger partial charge in [0.2, 0.25) is 0 Å². The molecule has 0 saturated heterocycles. The van der Waals surface area contributed by atoms with Crippen LogP contribution in [0.15, 0.2) is 127 Å². The predicted molar refractivity (Wildman–Crippen MR) is 191 cm³/mol. The van der Waals surface area contributed by atoms with Crippen LogP contribution in [0.1, 0.15) is 68.7 Å². The minimum atomic E-state index is 0.216. The SMILES string of the molecule is CCCC(C)(CCC)c1ccc(/C(=C/c2ccc(N(c3ccc(OC)cc3)c3ccc(OC)cc3)cc2)c2ccccc2)cc1. The summed E-state index contributed by atoms with van der Waals surface area (Å²) in [6.45, 7) is 7.00. The highest BCUT2D eigenvalue weighted by Gasteiger charge is 2.24. The number of methoxy groups -OCH3 is 2. The fourth-order valence-corrected chi connectivity index (χ4v) is 6.32. The van der Waals surface area contributed by atoms with Crippen molar-refractivity contribution in [3.8, 4) is 11.5 Å². The zero-order valence-corrected chi connectivity index (χ0v) is 27.3. The van der Waals surface area contributed by atoms with Crippen molar-refractivity contribution in [1.29, 1.82) is 0 Å². The second-order valence-corrected chi connectivity index (χ2v) is 11.9. The maximum absolute atomic E-state index is 5.42. The quantitative estimate of drug-likeness (QED) is 0.126. The summed E-state index contributed by atoms with van der Waals surface area (Å²) < 4.78 is 10.8. The molecule has 0 fully saturated rings. The topological polar surface area (TPSA) is 21.7 Å². The van der Waals surface area contributed by atoms with Crippen LogP contribution in [-0.4, -0.2) is 14.2 Å². The van der Waals surface area contributed by atoms with Crippen molar-refractivity contribution in [1.82, 2.24) is 0 Å². The van der Waals surface area contributed by atoms with E-state index in [4.69, 9.17) is 9.47 Å². The number of hydrogen-bond donors (Lipinski definition) is 0. The van der Waals surface area contributed by atoms with Crippen LogP contribution < -0.4 is 14.4 Å². The molecule has 3 heteroatoms. The minimum Gasteiger partial charge on any atom is -0.497 e. The summed E-state index contributed by atoms with van der Waals surface area (Å²) in [4.78, 5) is 2.24. The molecule has 5 aromatic rings. The Morgan fingerprint density at radius 1 is 0.578 bits per heavy atom. The van der Waals surface area contributed by atoms with Crippen molar-refractivity contribution >= 4 is 28.7 Å². The van der Waals surface area contributed by atoms with Crippen molar-refractivity contribution in [2.45, 2.75) is 51.9 Å². The van der Waals surface area contributed by atoms with E-state index in [1.165, 1.54) is 47.9 Å². The van der Waals surface area contributed by atoms with Crippen LogP contribution in [0, 0.1) is 0 Å². The molecule has 0 aliphatic heterocycles. The van der Waals surface area contributed by atoms with Gasteiger partial charge in [-0.15, -0.1) is 0 Å². The second kappa shape index (κ2) is 14.8. The zero-order valence-electron chi connectivity index (χ0n) is 27.3. The van der Waals surface area contributed by atoms with E-state index >= 15 is 0 Å². The average Bonchev–Trinajstić information content (AvgIpc) is 3.09. The van der Waals surface area contributed by atoms with Gasteiger partial charge >= 0.3 is 0 Å². The molecule has 0 amide bonds. The van der Waals surface area contributed by atoms with Gasteiger partial charge in [-0.2, -0.15) is 0 Å². The number of benzene rings is 5.